The first-order valence-corrected chi connectivity index (χ1v) is 9.96. The molecule has 3 aromatic rings. The molecule has 0 amide bonds. The van der Waals surface area contributed by atoms with Gasteiger partial charge in [-0.1, -0.05) is 42.5 Å². The van der Waals surface area contributed by atoms with Crippen molar-refractivity contribution >= 4 is 22.7 Å². The van der Waals surface area contributed by atoms with Crippen molar-refractivity contribution in [3.05, 3.63) is 82.6 Å². The van der Waals surface area contributed by atoms with Crippen LogP contribution in [0, 0.1) is 0 Å². The third kappa shape index (κ3) is 2.68. The van der Waals surface area contributed by atoms with E-state index in [0.29, 0.717) is 12.0 Å². The van der Waals surface area contributed by atoms with E-state index >= 15 is 0 Å². The molecule has 2 atom stereocenters. The van der Waals surface area contributed by atoms with Crippen molar-refractivity contribution < 1.29 is 0 Å². The fourth-order valence-electron chi connectivity index (χ4n) is 4.51. The molecule has 0 bridgehead atoms. The van der Waals surface area contributed by atoms with E-state index in [-0.39, 0.29) is 0 Å². The predicted octanol–water partition coefficient (Wildman–Crippen LogP) is 5.26. The van der Waals surface area contributed by atoms with Gasteiger partial charge < -0.3 is 4.90 Å². The monoisotopic (exact) mass is 346 g/mol. The van der Waals surface area contributed by atoms with Crippen molar-refractivity contribution in [2.45, 2.75) is 24.9 Å². The molecule has 2 aliphatic heterocycles. The van der Waals surface area contributed by atoms with Crippen LogP contribution in [0.15, 0.2) is 72.1 Å². The fourth-order valence-corrected chi connectivity index (χ4v) is 5.25. The fraction of sp³-hybridized carbons (Fsp3) is 0.273. The van der Waals surface area contributed by atoms with Gasteiger partial charge in [-0.05, 0) is 41.6 Å². The van der Waals surface area contributed by atoms with Crippen LogP contribution in [0.25, 0.3) is 0 Å². The molecule has 2 nitrogen and oxygen atoms in total. The molecule has 0 saturated carbocycles. The van der Waals surface area contributed by atoms with Crippen molar-refractivity contribution in [3.63, 3.8) is 0 Å². The minimum Gasteiger partial charge on any atom is -0.337 e. The van der Waals surface area contributed by atoms with Gasteiger partial charge in [-0.25, -0.2) is 0 Å². The Hall–Kier alpha value is -2.10. The summed E-state index contributed by atoms with van der Waals surface area (Å²) >= 11 is 1.87. The Balaban J connectivity index is 1.47. The lowest BCUT2D eigenvalue weighted by molar-refractivity contribution is 0.191. The molecular weight excluding hydrogens is 324 g/mol. The Kier molecular flexibility index (Phi) is 3.84. The molecule has 0 N–H and O–H groups in total. The third-order valence-electron chi connectivity index (χ3n) is 5.58. The van der Waals surface area contributed by atoms with Gasteiger partial charge in [-0.2, -0.15) is 0 Å². The number of piperidine rings is 1. The number of para-hydroxylation sites is 2. The molecule has 1 aromatic heterocycles. The molecule has 3 heterocycles. The molecule has 1 fully saturated rings. The molecule has 2 aliphatic rings. The summed E-state index contributed by atoms with van der Waals surface area (Å²) in [5.74, 6) is 0.602. The number of benzene rings is 2. The lowest BCUT2D eigenvalue weighted by atomic mass is 9.89. The van der Waals surface area contributed by atoms with E-state index in [9.17, 15) is 0 Å². The van der Waals surface area contributed by atoms with E-state index in [1.807, 2.05) is 11.3 Å². The first-order valence-electron chi connectivity index (χ1n) is 9.08. The molecule has 25 heavy (non-hydrogen) atoms. The third-order valence-corrected chi connectivity index (χ3v) is 6.44. The zero-order valence-electron chi connectivity index (χ0n) is 14.2. The first-order chi connectivity index (χ1) is 12.4. The van der Waals surface area contributed by atoms with Gasteiger partial charge in [0.05, 0.1) is 0 Å². The second kappa shape index (κ2) is 6.32. The number of anilines is 2. The molecular formula is C22H22N2S. The highest BCUT2D eigenvalue weighted by Crippen LogP contribution is 2.48. The van der Waals surface area contributed by atoms with Gasteiger partial charge >= 0.3 is 0 Å². The Bertz CT molecular complexity index is 843. The number of fused-ring (bicyclic) bond motifs is 3. The SMILES string of the molecule is c1ccc(N2c3ccccc3[C@@H]3CN(Cc4cccs4)CC[C@H]32)cc1. The van der Waals surface area contributed by atoms with E-state index < -0.39 is 0 Å². The maximum Gasteiger partial charge on any atom is 0.0450 e. The van der Waals surface area contributed by atoms with Crippen LogP contribution >= 0.6 is 11.3 Å². The van der Waals surface area contributed by atoms with E-state index in [1.54, 1.807) is 0 Å². The lowest BCUT2D eigenvalue weighted by Crippen LogP contribution is -2.44. The van der Waals surface area contributed by atoms with Crippen LogP contribution < -0.4 is 4.90 Å². The van der Waals surface area contributed by atoms with Crippen LogP contribution in [0.5, 0.6) is 0 Å². The Labute approximate surface area is 153 Å². The minimum absolute atomic E-state index is 0.583. The predicted molar refractivity (Wildman–Crippen MR) is 106 cm³/mol. The number of thiophene rings is 1. The van der Waals surface area contributed by atoms with Gasteiger partial charge in [0.1, 0.15) is 0 Å². The molecule has 2 aromatic carbocycles. The van der Waals surface area contributed by atoms with E-state index in [0.717, 1.165) is 13.1 Å². The standard InChI is InChI=1S/C22H22N2S/c1-2-7-17(8-3-1)24-21-11-5-4-10-19(21)20-16-23(13-12-22(20)24)15-18-9-6-14-25-18/h1-11,14,20,22H,12-13,15-16H2/t20-,22+/m0/s1. The quantitative estimate of drug-likeness (QED) is 0.638. The topological polar surface area (TPSA) is 6.48 Å². The van der Waals surface area contributed by atoms with E-state index in [2.05, 4.69) is 81.9 Å². The Morgan fingerprint density at radius 3 is 2.60 bits per heavy atom. The molecule has 3 heteroatoms. The normalized spacial score (nSPS) is 22.6. The minimum atomic E-state index is 0.583. The lowest BCUT2D eigenvalue weighted by Gasteiger charge is -2.39. The number of likely N-dealkylation sites (tertiary alicyclic amines) is 1. The highest BCUT2D eigenvalue weighted by atomic mass is 32.1. The number of rotatable bonds is 3. The van der Waals surface area contributed by atoms with Gasteiger partial charge in [0.2, 0.25) is 0 Å². The summed E-state index contributed by atoms with van der Waals surface area (Å²) in [6, 6.07) is 24.9. The summed E-state index contributed by atoms with van der Waals surface area (Å²) in [5, 5.41) is 2.18. The summed E-state index contributed by atoms with van der Waals surface area (Å²) in [4.78, 5) is 6.70. The van der Waals surface area contributed by atoms with E-state index in [4.69, 9.17) is 0 Å². The van der Waals surface area contributed by atoms with Crippen LogP contribution in [0.3, 0.4) is 0 Å². The molecule has 1 saturated heterocycles. The highest BCUT2D eigenvalue weighted by Gasteiger charge is 2.42. The Morgan fingerprint density at radius 1 is 0.920 bits per heavy atom. The van der Waals surface area contributed by atoms with Crippen LogP contribution in [0.4, 0.5) is 11.4 Å². The van der Waals surface area contributed by atoms with Gasteiger partial charge in [0.15, 0.2) is 0 Å². The maximum atomic E-state index is 2.64. The maximum absolute atomic E-state index is 2.64. The smallest absolute Gasteiger partial charge is 0.0450 e. The first kappa shape index (κ1) is 15.2. The van der Waals surface area contributed by atoms with Crippen molar-refractivity contribution in [2.75, 3.05) is 18.0 Å². The molecule has 0 aliphatic carbocycles. The zero-order valence-corrected chi connectivity index (χ0v) is 15.0. The van der Waals surface area contributed by atoms with Crippen LogP contribution in [0.2, 0.25) is 0 Å². The van der Waals surface area contributed by atoms with Gasteiger partial charge in [-0.3, -0.25) is 4.90 Å². The number of hydrogen-bond donors (Lipinski definition) is 0. The molecule has 0 radical (unpaired) electrons. The summed E-state index contributed by atoms with van der Waals surface area (Å²) in [6.07, 6.45) is 1.22. The molecule has 0 unspecified atom stereocenters. The van der Waals surface area contributed by atoms with Crippen LogP contribution in [-0.4, -0.2) is 24.0 Å². The van der Waals surface area contributed by atoms with Crippen molar-refractivity contribution in [1.82, 2.24) is 4.90 Å². The molecule has 0 spiro atoms. The van der Waals surface area contributed by atoms with E-state index in [1.165, 1.54) is 34.8 Å². The second-order valence-electron chi connectivity index (χ2n) is 7.04. The van der Waals surface area contributed by atoms with Crippen molar-refractivity contribution in [2.24, 2.45) is 0 Å². The largest absolute Gasteiger partial charge is 0.337 e. The van der Waals surface area contributed by atoms with Gasteiger partial charge in [-0.15, -0.1) is 11.3 Å². The zero-order chi connectivity index (χ0) is 16.6. The Morgan fingerprint density at radius 2 is 1.76 bits per heavy atom. The highest BCUT2D eigenvalue weighted by molar-refractivity contribution is 7.09. The second-order valence-corrected chi connectivity index (χ2v) is 8.07. The summed E-state index contributed by atoms with van der Waals surface area (Å²) in [7, 11) is 0. The summed E-state index contributed by atoms with van der Waals surface area (Å²) in [5.41, 5.74) is 4.25. The van der Waals surface area contributed by atoms with Crippen LogP contribution in [0.1, 0.15) is 22.8 Å². The average molecular weight is 346 g/mol. The van der Waals surface area contributed by atoms with Crippen LogP contribution in [-0.2, 0) is 6.54 Å². The number of hydrogen-bond acceptors (Lipinski definition) is 3. The van der Waals surface area contributed by atoms with Crippen molar-refractivity contribution in [1.29, 1.82) is 0 Å². The number of nitrogens with zero attached hydrogens (tertiary/aromatic N) is 2. The molecule has 5 rings (SSSR count). The van der Waals surface area contributed by atoms with Gasteiger partial charge in [0, 0.05) is 47.8 Å². The average Bonchev–Trinajstić information content (AvgIpc) is 3.28. The van der Waals surface area contributed by atoms with Crippen molar-refractivity contribution in [3.8, 4) is 0 Å². The van der Waals surface area contributed by atoms with Gasteiger partial charge in [0.25, 0.3) is 0 Å². The molecule has 126 valence electrons. The summed E-state index contributed by atoms with van der Waals surface area (Å²) in [6.45, 7) is 3.42. The summed E-state index contributed by atoms with van der Waals surface area (Å²) < 4.78 is 0.